The van der Waals surface area contributed by atoms with Crippen molar-refractivity contribution in [2.75, 3.05) is 11.1 Å². The number of amides is 3. The minimum atomic E-state index is -1.29. The maximum atomic E-state index is 13.0. The molecular formula is C20H23ClN4O6S2. The molecule has 0 spiro atoms. The van der Waals surface area contributed by atoms with E-state index in [4.69, 9.17) is 16.3 Å². The van der Waals surface area contributed by atoms with Crippen LogP contribution in [0.3, 0.4) is 0 Å². The molecule has 1 aromatic rings. The summed E-state index contributed by atoms with van der Waals surface area (Å²) >= 11 is 8.38. The van der Waals surface area contributed by atoms with Crippen LogP contribution in [-0.4, -0.2) is 61.6 Å². The van der Waals surface area contributed by atoms with Crippen molar-refractivity contribution >= 4 is 69.3 Å². The molecule has 2 atom stereocenters. The fraction of sp³-hybridized carbons (Fsp3) is 0.450. The van der Waals surface area contributed by atoms with E-state index < -0.39 is 40.9 Å². The average molecular weight is 515 g/mol. The van der Waals surface area contributed by atoms with Crippen LogP contribution in [0, 0.1) is 0 Å². The van der Waals surface area contributed by atoms with Gasteiger partial charge in [-0.15, -0.1) is 23.1 Å². The molecule has 0 aromatic carbocycles. The largest absolute Gasteiger partial charge is 0.477 e. The lowest BCUT2D eigenvalue weighted by Gasteiger charge is -2.48. The summed E-state index contributed by atoms with van der Waals surface area (Å²) in [7, 11) is 0. The van der Waals surface area contributed by atoms with E-state index in [0.717, 1.165) is 16.2 Å². The molecule has 3 heterocycles. The normalized spacial score (nSPS) is 20.7. The highest BCUT2D eigenvalue weighted by Crippen LogP contribution is 2.41. The van der Waals surface area contributed by atoms with Crippen molar-refractivity contribution in [3.63, 3.8) is 0 Å². The number of β-lactam (4-membered cyclic amide) rings is 1. The Morgan fingerprint density at radius 2 is 2.09 bits per heavy atom. The summed E-state index contributed by atoms with van der Waals surface area (Å²) in [5, 5.41) is 16.0. The Morgan fingerprint density at radius 3 is 2.70 bits per heavy atom. The Bertz CT molecular complexity index is 1060. The second kappa shape index (κ2) is 9.74. The van der Waals surface area contributed by atoms with Crippen LogP contribution in [0.4, 0.5) is 9.93 Å². The summed E-state index contributed by atoms with van der Waals surface area (Å²) < 4.78 is 5.20. The second-order valence-electron chi connectivity index (χ2n) is 8.11. The number of nitrogens with zero attached hydrogens (tertiary/aromatic N) is 2. The van der Waals surface area contributed by atoms with Crippen LogP contribution in [0.5, 0.6) is 0 Å². The molecule has 0 bridgehead atoms. The Kier molecular flexibility index (Phi) is 7.39. The molecule has 33 heavy (non-hydrogen) atoms. The van der Waals surface area contributed by atoms with Crippen molar-refractivity contribution in [3.8, 4) is 0 Å². The van der Waals surface area contributed by atoms with Gasteiger partial charge in [-0.05, 0) is 27.2 Å². The number of fused-ring (bicyclic) bond motifs is 1. The fourth-order valence-electron chi connectivity index (χ4n) is 3.16. The second-order valence-corrected chi connectivity index (χ2v) is 10.5. The van der Waals surface area contributed by atoms with E-state index in [2.05, 4.69) is 15.6 Å². The van der Waals surface area contributed by atoms with Gasteiger partial charge in [0.25, 0.3) is 11.8 Å². The monoisotopic (exact) mass is 514 g/mol. The molecule has 1 saturated heterocycles. The van der Waals surface area contributed by atoms with Crippen molar-refractivity contribution in [2.24, 2.45) is 0 Å². The molecule has 10 nitrogen and oxygen atoms in total. The fourth-order valence-corrected chi connectivity index (χ4v) is 5.41. The number of carboxylic acids is 1. The van der Waals surface area contributed by atoms with Crippen molar-refractivity contribution in [3.05, 3.63) is 27.9 Å². The van der Waals surface area contributed by atoms with Crippen LogP contribution < -0.4 is 10.6 Å². The van der Waals surface area contributed by atoms with Crippen LogP contribution in [0.2, 0.25) is 0 Å². The first-order valence-corrected chi connectivity index (χ1v) is 12.3. The van der Waals surface area contributed by atoms with Gasteiger partial charge in [0.1, 0.15) is 22.7 Å². The van der Waals surface area contributed by atoms with Gasteiger partial charge in [-0.2, -0.15) is 0 Å². The summed E-state index contributed by atoms with van der Waals surface area (Å²) in [6, 6.07) is -0.889. The zero-order valence-electron chi connectivity index (χ0n) is 18.3. The standard InChI is InChI=1S/C20H23ClN4O6S2/c1-5-6-9(11-8-33-18(22-11)24-19(30)31-20(2,3)4)14(26)23-12-15(27)25-13(17(28)29)10(21)7-32-16(12)25/h6,8,12,16H,5,7H2,1-4H3,(H,23,26)(H,28,29)(H,22,24,30)/b9-6-/t12-,16-/m1/s1. The van der Waals surface area contributed by atoms with E-state index in [1.54, 1.807) is 32.2 Å². The van der Waals surface area contributed by atoms with Gasteiger partial charge in [-0.1, -0.05) is 24.6 Å². The molecule has 1 aromatic heterocycles. The molecule has 1 fully saturated rings. The van der Waals surface area contributed by atoms with Gasteiger partial charge < -0.3 is 15.2 Å². The summed E-state index contributed by atoms with van der Waals surface area (Å²) in [6.45, 7) is 7.06. The van der Waals surface area contributed by atoms with Crippen LogP contribution in [0.15, 0.2) is 22.2 Å². The van der Waals surface area contributed by atoms with E-state index in [1.165, 1.54) is 11.8 Å². The molecule has 0 radical (unpaired) electrons. The predicted molar refractivity (Wildman–Crippen MR) is 126 cm³/mol. The summed E-state index contributed by atoms with van der Waals surface area (Å²) in [4.78, 5) is 54.4. The number of anilines is 1. The van der Waals surface area contributed by atoms with Gasteiger partial charge in [-0.25, -0.2) is 14.6 Å². The minimum Gasteiger partial charge on any atom is -0.477 e. The number of aliphatic carboxylic acids is 1. The number of carboxylic acid groups (broad SMARTS) is 1. The van der Waals surface area contributed by atoms with E-state index in [1.807, 2.05) is 6.92 Å². The number of carbonyl (C=O) groups excluding carboxylic acids is 3. The third-order valence-electron chi connectivity index (χ3n) is 4.45. The van der Waals surface area contributed by atoms with Gasteiger partial charge in [0.15, 0.2) is 5.13 Å². The van der Waals surface area contributed by atoms with Gasteiger partial charge in [-0.3, -0.25) is 19.8 Å². The molecule has 3 rings (SSSR count). The highest BCUT2D eigenvalue weighted by atomic mass is 35.5. The highest BCUT2D eigenvalue weighted by Gasteiger charge is 2.54. The highest BCUT2D eigenvalue weighted by molar-refractivity contribution is 8.00. The molecule has 2 aliphatic rings. The number of thiazole rings is 1. The number of thioether (sulfide) groups is 1. The molecule has 13 heteroatoms. The third-order valence-corrected chi connectivity index (χ3v) is 6.96. The number of hydrogen-bond donors (Lipinski definition) is 3. The maximum Gasteiger partial charge on any atom is 0.413 e. The SMILES string of the molecule is CC/C=C(\C(=O)N[C@@H]1C(=O)N2C(C(=O)O)=C(Cl)CS[C@H]12)c1csc(NC(=O)OC(C)(C)C)n1. The smallest absolute Gasteiger partial charge is 0.413 e. The Balaban J connectivity index is 1.71. The van der Waals surface area contributed by atoms with E-state index in [9.17, 15) is 24.3 Å². The number of nitrogens with one attached hydrogen (secondary N) is 2. The predicted octanol–water partition coefficient (Wildman–Crippen LogP) is 3.22. The van der Waals surface area contributed by atoms with Crippen molar-refractivity contribution in [1.29, 1.82) is 0 Å². The molecular weight excluding hydrogens is 492 g/mol. The van der Waals surface area contributed by atoms with Crippen LogP contribution >= 0.6 is 34.7 Å². The van der Waals surface area contributed by atoms with Gasteiger partial charge in [0.2, 0.25) is 0 Å². The molecule has 3 amide bonds. The summed E-state index contributed by atoms with van der Waals surface area (Å²) in [5.74, 6) is -2.13. The van der Waals surface area contributed by atoms with Crippen molar-refractivity contribution < 1.29 is 29.0 Å². The lowest BCUT2D eigenvalue weighted by atomic mass is 10.0. The number of allylic oxidation sites excluding steroid dienone is 1. The number of ether oxygens (including phenoxy) is 1. The maximum absolute atomic E-state index is 13.0. The Labute approximate surface area is 203 Å². The van der Waals surface area contributed by atoms with Crippen LogP contribution in [0.1, 0.15) is 39.8 Å². The summed E-state index contributed by atoms with van der Waals surface area (Å²) in [6.07, 6.45) is 1.53. The van der Waals surface area contributed by atoms with Gasteiger partial charge >= 0.3 is 12.1 Å². The summed E-state index contributed by atoms with van der Waals surface area (Å²) in [5.41, 5.74) is -0.348. The number of halogens is 1. The Hall–Kier alpha value is -2.57. The van der Waals surface area contributed by atoms with Crippen molar-refractivity contribution in [1.82, 2.24) is 15.2 Å². The quantitative estimate of drug-likeness (QED) is 0.388. The van der Waals surface area contributed by atoms with E-state index in [0.29, 0.717) is 12.1 Å². The lowest BCUT2D eigenvalue weighted by molar-refractivity contribution is -0.150. The Morgan fingerprint density at radius 1 is 1.39 bits per heavy atom. The van der Waals surface area contributed by atoms with E-state index >= 15 is 0 Å². The van der Waals surface area contributed by atoms with Crippen LogP contribution in [-0.2, 0) is 19.1 Å². The minimum absolute atomic E-state index is 0.0842. The van der Waals surface area contributed by atoms with Gasteiger partial charge in [0, 0.05) is 11.1 Å². The van der Waals surface area contributed by atoms with E-state index in [-0.39, 0.29) is 27.2 Å². The molecule has 3 N–H and O–H groups in total. The van der Waals surface area contributed by atoms with Crippen molar-refractivity contribution in [2.45, 2.75) is 51.1 Å². The number of carbonyl (C=O) groups is 4. The molecule has 178 valence electrons. The zero-order valence-corrected chi connectivity index (χ0v) is 20.7. The first kappa shape index (κ1) is 25.1. The molecule has 0 unspecified atom stereocenters. The zero-order chi connectivity index (χ0) is 24.5. The molecule has 0 aliphatic carbocycles. The average Bonchev–Trinajstić information content (AvgIpc) is 3.15. The number of rotatable bonds is 6. The van der Waals surface area contributed by atoms with Crippen LogP contribution in [0.25, 0.3) is 5.57 Å². The first-order valence-electron chi connectivity index (χ1n) is 9.96. The first-order chi connectivity index (χ1) is 15.4. The number of aromatic nitrogens is 1. The van der Waals surface area contributed by atoms with Gasteiger partial charge in [0.05, 0.1) is 16.3 Å². The molecule has 2 aliphatic heterocycles. The lowest BCUT2D eigenvalue weighted by Crippen LogP contribution is -2.70. The topological polar surface area (TPSA) is 138 Å². The molecule has 0 saturated carbocycles. The number of hydrogen-bond acceptors (Lipinski definition) is 8. The third kappa shape index (κ3) is 5.50.